The number of hydrogen-bond acceptors (Lipinski definition) is 9. The first-order valence-electron chi connectivity index (χ1n) is 14.4. The Labute approximate surface area is 250 Å². The Morgan fingerprint density at radius 3 is 2.53 bits per heavy atom. The van der Waals surface area contributed by atoms with Gasteiger partial charge in [0.25, 0.3) is 0 Å². The van der Waals surface area contributed by atoms with E-state index in [1.165, 1.54) is 6.20 Å². The number of nitriles is 1. The maximum absolute atomic E-state index is 13.6. The first kappa shape index (κ1) is 29.5. The van der Waals surface area contributed by atoms with E-state index in [-0.39, 0.29) is 24.7 Å². The van der Waals surface area contributed by atoms with E-state index in [0.717, 1.165) is 42.4 Å². The van der Waals surface area contributed by atoms with E-state index in [0.29, 0.717) is 29.7 Å². The molecule has 1 saturated carbocycles. The van der Waals surface area contributed by atoms with Gasteiger partial charge in [-0.25, -0.2) is 14.8 Å². The van der Waals surface area contributed by atoms with E-state index < -0.39 is 6.10 Å². The highest BCUT2D eigenvalue weighted by atomic mass is 16.3. The van der Waals surface area contributed by atoms with Crippen LogP contribution >= 0.6 is 0 Å². The number of rotatable bonds is 10. The third-order valence-corrected chi connectivity index (χ3v) is 7.41. The number of hydrogen-bond donors (Lipinski definition) is 4. The van der Waals surface area contributed by atoms with Gasteiger partial charge in [-0.15, -0.1) is 0 Å². The van der Waals surface area contributed by atoms with Crippen LogP contribution in [0, 0.1) is 11.3 Å². The summed E-state index contributed by atoms with van der Waals surface area (Å²) in [6.45, 7) is 2.35. The van der Waals surface area contributed by atoms with Gasteiger partial charge >= 0.3 is 6.03 Å². The molecule has 1 aliphatic rings. The number of pyridine rings is 1. The number of anilines is 3. The van der Waals surface area contributed by atoms with Crippen molar-refractivity contribution in [1.82, 2.24) is 30.0 Å². The van der Waals surface area contributed by atoms with Gasteiger partial charge < -0.3 is 21.1 Å². The van der Waals surface area contributed by atoms with Crippen LogP contribution in [0.15, 0.2) is 67.3 Å². The predicted octanol–water partition coefficient (Wildman–Crippen LogP) is 4.08. The molecule has 12 nitrogen and oxygen atoms in total. The lowest BCUT2D eigenvalue weighted by Crippen LogP contribution is -2.49. The molecule has 4 N–H and O–H groups in total. The van der Waals surface area contributed by atoms with Gasteiger partial charge in [0.15, 0.2) is 0 Å². The summed E-state index contributed by atoms with van der Waals surface area (Å²) in [6.07, 6.45) is 9.49. The second-order valence-corrected chi connectivity index (χ2v) is 10.8. The summed E-state index contributed by atoms with van der Waals surface area (Å²) in [5.74, 6) is 1.40. The van der Waals surface area contributed by atoms with E-state index in [9.17, 15) is 15.2 Å². The van der Waals surface area contributed by atoms with E-state index in [1.807, 2.05) is 55.7 Å². The van der Waals surface area contributed by atoms with Gasteiger partial charge in [-0.1, -0.05) is 30.3 Å². The van der Waals surface area contributed by atoms with Crippen LogP contribution in [0.1, 0.15) is 43.7 Å². The second-order valence-electron chi connectivity index (χ2n) is 10.8. The molecule has 0 bridgehead atoms. The van der Waals surface area contributed by atoms with Crippen LogP contribution in [-0.4, -0.2) is 60.6 Å². The molecular weight excluding hydrogens is 544 g/mol. The molecule has 2 amide bonds. The molecular formula is C31H36N10O2. The minimum Gasteiger partial charge on any atom is -0.392 e. The molecule has 0 radical (unpaired) electrons. The summed E-state index contributed by atoms with van der Waals surface area (Å²) in [7, 11) is 1.87. The lowest BCUT2D eigenvalue weighted by molar-refractivity contribution is 0.208. The molecule has 12 heteroatoms. The van der Waals surface area contributed by atoms with E-state index in [1.54, 1.807) is 28.9 Å². The topological polar surface area (TPSA) is 157 Å². The normalized spacial score (nSPS) is 17.0. The van der Waals surface area contributed by atoms with Gasteiger partial charge in [0.1, 0.15) is 23.3 Å². The largest absolute Gasteiger partial charge is 0.392 e. The molecule has 5 rings (SSSR count). The van der Waals surface area contributed by atoms with Gasteiger partial charge in [-0.2, -0.15) is 15.3 Å². The van der Waals surface area contributed by atoms with Crippen molar-refractivity contribution in [3.05, 3.63) is 78.4 Å². The number of urea groups is 1. The molecule has 3 aromatic heterocycles. The number of aryl methyl sites for hydroxylation is 1. The maximum atomic E-state index is 13.6. The monoisotopic (exact) mass is 580 g/mol. The summed E-state index contributed by atoms with van der Waals surface area (Å²) in [5.41, 5.74) is 3.23. The number of aromatic nitrogens is 5. The fourth-order valence-electron chi connectivity index (χ4n) is 5.16. The molecule has 3 heterocycles. The summed E-state index contributed by atoms with van der Waals surface area (Å²) in [4.78, 5) is 28.9. The zero-order valence-corrected chi connectivity index (χ0v) is 24.3. The van der Waals surface area contributed by atoms with Crippen molar-refractivity contribution in [3.8, 4) is 17.2 Å². The highest BCUT2D eigenvalue weighted by Crippen LogP contribution is 2.29. The van der Waals surface area contributed by atoms with Gasteiger partial charge in [0, 0.05) is 55.7 Å². The molecule has 1 atom stereocenters. The average molecular weight is 581 g/mol. The van der Waals surface area contributed by atoms with Crippen LogP contribution in [0.5, 0.6) is 0 Å². The number of nitrogens with one attached hydrogen (secondary N) is 3. The molecule has 4 aromatic rings. The highest BCUT2D eigenvalue weighted by Gasteiger charge is 2.31. The van der Waals surface area contributed by atoms with Gasteiger partial charge in [0.2, 0.25) is 5.95 Å². The number of nitrogens with zero attached hydrogens (tertiary/aromatic N) is 7. The highest BCUT2D eigenvalue weighted by molar-refractivity contribution is 5.91. The standard InChI is InChI=1S/C31H36N10O2/c1-21(42)15-34-29-24(14-32)18-35-30(39-29)38-26-9-11-27(12-10-26)41(31(43)36-16-22-6-4-3-5-7-22)28-13-8-23(17-33-28)25-19-37-40(2)20-25/h3-8,13,17-21,26-27,42H,9-12,15-16H2,1-2H3,(H,36,43)(H2,34,35,38,39). The van der Waals surface area contributed by atoms with Crippen LogP contribution < -0.4 is 20.9 Å². The Kier molecular flexibility index (Phi) is 9.43. The Morgan fingerprint density at radius 1 is 1.09 bits per heavy atom. The SMILES string of the molecule is CC(O)CNc1nc(NC2CCC(N(C(=O)NCc3ccccc3)c3ccc(-c4cnn(C)c4)cn3)CC2)ncc1C#N. The van der Waals surface area contributed by atoms with E-state index >= 15 is 0 Å². The fourth-order valence-corrected chi connectivity index (χ4v) is 5.16. The van der Waals surface area contributed by atoms with Crippen LogP contribution in [0.25, 0.3) is 11.1 Å². The number of amides is 2. The molecule has 1 unspecified atom stereocenters. The van der Waals surface area contributed by atoms with Crippen LogP contribution in [0.3, 0.4) is 0 Å². The number of carbonyl (C=O) groups excluding carboxylic acids is 1. The number of aliphatic hydroxyl groups is 1. The third-order valence-electron chi connectivity index (χ3n) is 7.41. The summed E-state index contributed by atoms with van der Waals surface area (Å²) in [5, 5.41) is 32.7. The first-order chi connectivity index (χ1) is 20.9. The fraction of sp³-hybridized carbons (Fsp3) is 0.355. The zero-order chi connectivity index (χ0) is 30.2. The van der Waals surface area contributed by atoms with Crippen LogP contribution in [-0.2, 0) is 13.6 Å². The molecule has 0 aliphatic heterocycles. The van der Waals surface area contributed by atoms with Crippen LogP contribution in [0.4, 0.5) is 22.4 Å². The van der Waals surface area contributed by atoms with Gasteiger partial charge in [-0.05, 0) is 50.3 Å². The molecule has 1 aromatic carbocycles. The number of benzene rings is 1. The van der Waals surface area contributed by atoms with Gasteiger partial charge in [0.05, 0.1) is 18.5 Å². The summed E-state index contributed by atoms with van der Waals surface area (Å²) < 4.78 is 1.74. The van der Waals surface area contributed by atoms with E-state index in [2.05, 4.69) is 37.1 Å². The molecule has 43 heavy (non-hydrogen) atoms. The lowest BCUT2D eigenvalue weighted by Gasteiger charge is -2.36. The smallest absolute Gasteiger partial charge is 0.323 e. The average Bonchev–Trinajstić information content (AvgIpc) is 3.47. The summed E-state index contributed by atoms with van der Waals surface area (Å²) >= 11 is 0. The third kappa shape index (κ3) is 7.64. The first-order valence-corrected chi connectivity index (χ1v) is 14.4. The molecule has 1 aliphatic carbocycles. The Morgan fingerprint density at radius 2 is 1.88 bits per heavy atom. The van der Waals surface area contributed by atoms with Crippen molar-refractivity contribution in [1.29, 1.82) is 5.26 Å². The Hall–Kier alpha value is -5.02. The van der Waals surface area contributed by atoms with Crippen molar-refractivity contribution in [2.75, 3.05) is 22.1 Å². The molecule has 0 saturated heterocycles. The summed E-state index contributed by atoms with van der Waals surface area (Å²) in [6, 6.07) is 15.6. The molecule has 222 valence electrons. The van der Waals surface area contributed by atoms with Crippen molar-refractivity contribution in [2.45, 2.75) is 57.3 Å². The molecule has 1 fully saturated rings. The minimum atomic E-state index is -0.581. The Bertz CT molecular complexity index is 1540. The maximum Gasteiger partial charge on any atom is 0.323 e. The minimum absolute atomic E-state index is 0.0456. The van der Waals surface area contributed by atoms with Crippen molar-refractivity contribution in [3.63, 3.8) is 0 Å². The van der Waals surface area contributed by atoms with E-state index in [4.69, 9.17) is 4.98 Å². The number of carbonyl (C=O) groups is 1. The quantitative estimate of drug-likeness (QED) is 0.217. The predicted molar refractivity (Wildman–Crippen MR) is 164 cm³/mol. The second kappa shape index (κ2) is 13.8. The van der Waals surface area contributed by atoms with Crippen molar-refractivity contribution >= 4 is 23.6 Å². The van der Waals surface area contributed by atoms with Crippen molar-refractivity contribution in [2.24, 2.45) is 7.05 Å². The lowest BCUT2D eigenvalue weighted by atomic mass is 9.90. The number of aliphatic hydroxyl groups excluding tert-OH is 1. The van der Waals surface area contributed by atoms with Crippen LogP contribution in [0.2, 0.25) is 0 Å². The zero-order valence-electron chi connectivity index (χ0n) is 24.3. The van der Waals surface area contributed by atoms with Crippen molar-refractivity contribution < 1.29 is 9.90 Å². The Balaban J connectivity index is 1.28. The van der Waals surface area contributed by atoms with Gasteiger partial charge in [-0.3, -0.25) is 9.58 Å². The molecule has 0 spiro atoms.